The van der Waals surface area contributed by atoms with Crippen molar-refractivity contribution in [3.8, 4) is 23.3 Å². The number of ether oxygens (including phenoxy) is 3. The number of carbonyl (C=O) groups excluding carboxylic acids is 3. The average molecular weight is 648 g/mol. The summed E-state index contributed by atoms with van der Waals surface area (Å²) in [6.45, 7) is 2.76. The fourth-order valence-corrected chi connectivity index (χ4v) is 4.44. The van der Waals surface area contributed by atoms with E-state index in [4.69, 9.17) is 24.0 Å². The van der Waals surface area contributed by atoms with Crippen molar-refractivity contribution in [3.05, 3.63) is 131 Å². The van der Waals surface area contributed by atoms with Gasteiger partial charge in [-0.2, -0.15) is 10.1 Å². The van der Waals surface area contributed by atoms with Crippen LogP contribution in [0.15, 0.2) is 109 Å². The highest BCUT2D eigenvalue weighted by Crippen LogP contribution is 2.21. The van der Waals surface area contributed by atoms with Gasteiger partial charge in [-0.15, -0.1) is 0 Å². The third kappa shape index (κ3) is 11.9. The van der Waals surface area contributed by atoms with Crippen LogP contribution in [-0.2, 0) is 14.6 Å². The van der Waals surface area contributed by atoms with Gasteiger partial charge in [-0.05, 0) is 92.1 Å². The summed E-state index contributed by atoms with van der Waals surface area (Å²) in [6, 6.07) is 31.0. The fraction of sp³-hybridized carbons (Fsp3) is 0.231. The largest absolute Gasteiger partial charge is 0.494 e. The van der Waals surface area contributed by atoms with Gasteiger partial charge in [0.2, 0.25) is 0 Å². The number of hydrogen-bond acceptors (Lipinski definition) is 9. The minimum absolute atomic E-state index is 0.124. The second-order valence-corrected chi connectivity index (χ2v) is 10.9. The van der Waals surface area contributed by atoms with Gasteiger partial charge in [0, 0.05) is 0 Å². The minimum atomic E-state index is -0.807. The monoisotopic (exact) mass is 647 g/mol. The molecule has 0 spiro atoms. The molecule has 0 heterocycles. The molecule has 246 valence electrons. The Hall–Kier alpha value is -5.72. The first-order valence-electron chi connectivity index (χ1n) is 15.8. The van der Waals surface area contributed by atoms with Crippen LogP contribution in [0.3, 0.4) is 0 Å². The minimum Gasteiger partial charge on any atom is -0.494 e. The van der Waals surface area contributed by atoms with Crippen molar-refractivity contribution in [2.75, 3.05) is 13.2 Å². The van der Waals surface area contributed by atoms with Gasteiger partial charge >= 0.3 is 17.9 Å². The molecule has 0 aliphatic rings. The second kappa shape index (κ2) is 19.1. The number of benzene rings is 4. The molecule has 0 saturated heterocycles. The molecule has 0 N–H and O–H groups in total. The number of nitrogens with zero attached hydrogens (tertiary/aromatic N) is 1. The zero-order valence-corrected chi connectivity index (χ0v) is 26.8. The van der Waals surface area contributed by atoms with Crippen molar-refractivity contribution >= 4 is 24.0 Å². The predicted molar refractivity (Wildman–Crippen MR) is 179 cm³/mol. The molecule has 4 aromatic carbocycles. The van der Waals surface area contributed by atoms with E-state index >= 15 is 0 Å². The van der Waals surface area contributed by atoms with Crippen LogP contribution in [0.25, 0.3) is 6.08 Å². The van der Waals surface area contributed by atoms with Crippen molar-refractivity contribution in [1.82, 2.24) is 0 Å². The summed E-state index contributed by atoms with van der Waals surface area (Å²) >= 11 is 0. The van der Waals surface area contributed by atoms with Gasteiger partial charge < -0.3 is 14.2 Å². The molecular formula is C39H37NO8. The van der Waals surface area contributed by atoms with Crippen LogP contribution in [0, 0.1) is 18.3 Å². The molecule has 0 atom stereocenters. The fourth-order valence-electron chi connectivity index (χ4n) is 4.44. The van der Waals surface area contributed by atoms with E-state index in [0.717, 1.165) is 49.7 Å². The van der Waals surface area contributed by atoms with Gasteiger partial charge in [0.25, 0.3) is 0 Å². The van der Waals surface area contributed by atoms with E-state index in [1.54, 1.807) is 72.8 Å². The highest BCUT2D eigenvalue weighted by Gasteiger charge is 2.13. The molecule has 9 nitrogen and oxygen atoms in total. The van der Waals surface area contributed by atoms with Crippen LogP contribution in [0.1, 0.15) is 70.4 Å². The van der Waals surface area contributed by atoms with Gasteiger partial charge in [-0.1, -0.05) is 73.7 Å². The lowest BCUT2D eigenvalue weighted by Gasteiger charge is -2.09. The van der Waals surface area contributed by atoms with Gasteiger partial charge in [0.15, 0.2) is 0 Å². The van der Waals surface area contributed by atoms with E-state index in [1.807, 2.05) is 43.3 Å². The maximum absolute atomic E-state index is 12.6. The van der Waals surface area contributed by atoms with Crippen LogP contribution < -0.4 is 14.2 Å². The number of esters is 2. The molecule has 0 aliphatic heterocycles. The lowest BCUT2D eigenvalue weighted by molar-refractivity contribution is -0.268. The molecule has 0 aromatic heterocycles. The normalized spacial score (nSPS) is 10.9. The SMILES string of the molecule is Cc1ccc(C(=O)Oc2ccc(OC(=O)c3ccc(OCCCCCCCCOOC(=O)/C(C#N)=C/c4ccccc4)cc3)cc2)cc1. The first-order chi connectivity index (χ1) is 23.4. The van der Waals surface area contributed by atoms with E-state index in [0.29, 0.717) is 35.0 Å². The Labute approximate surface area is 280 Å². The molecule has 0 bridgehead atoms. The van der Waals surface area contributed by atoms with Crippen molar-refractivity contribution in [2.24, 2.45) is 0 Å². The maximum atomic E-state index is 12.6. The number of aryl methyl sites for hydroxylation is 1. The zero-order valence-electron chi connectivity index (χ0n) is 26.8. The second-order valence-electron chi connectivity index (χ2n) is 10.9. The third-order valence-corrected chi connectivity index (χ3v) is 7.10. The summed E-state index contributed by atoms with van der Waals surface area (Å²) < 4.78 is 16.6. The van der Waals surface area contributed by atoms with Crippen LogP contribution in [0.5, 0.6) is 17.2 Å². The Balaban J connectivity index is 1.04. The van der Waals surface area contributed by atoms with Gasteiger partial charge in [-0.25, -0.2) is 14.4 Å². The molecule has 4 rings (SSSR count). The quantitative estimate of drug-likeness (QED) is 0.0212. The molecule has 0 aliphatic carbocycles. The topological polar surface area (TPSA) is 121 Å². The van der Waals surface area contributed by atoms with Crippen molar-refractivity contribution in [1.29, 1.82) is 5.26 Å². The lowest BCUT2D eigenvalue weighted by Crippen LogP contribution is -2.09. The zero-order chi connectivity index (χ0) is 34.0. The predicted octanol–water partition coefficient (Wildman–Crippen LogP) is 8.23. The number of nitriles is 1. The van der Waals surface area contributed by atoms with E-state index in [1.165, 1.54) is 6.08 Å². The Morgan fingerprint density at radius 3 is 1.69 bits per heavy atom. The smallest absolute Gasteiger partial charge is 0.383 e. The molecular weight excluding hydrogens is 610 g/mol. The number of carbonyl (C=O) groups is 3. The van der Waals surface area contributed by atoms with Crippen LogP contribution >= 0.6 is 0 Å². The molecule has 0 amide bonds. The van der Waals surface area contributed by atoms with Crippen molar-refractivity contribution in [2.45, 2.75) is 45.4 Å². The summed E-state index contributed by atoms with van der Waals surface area (Å²) in [4.78, 5) is 46.7. The summed E-state index contributed by atoms with van der Waals surface area (Å²) in [7, 11) is 0. The number of unbranched alkanes of at least 4 members (excludes halogenated alkanes) is 5. The molecule has 4 aromatic rings. The van der Waals surface area contributed by atoms with E-state index in [-0.39, 0.29) is 12.2 Å². The van der Waals surface area contributed by atoms with Gasteiger partial charge in [0.05, 0.1) is 24.3 Å². The maximum Gasteiger partial charge on any atom is 0.383 e. The van der Waals surface area contributed by atoms with Crippen LogP contribution in [0.2, 0.25) is 0 Å². The molecule has 0 radical (unpaired) electrons. The average Bonchev–Trinajstić information content (AvgIpc) is 3.11. The summed E-state index contributed by atoms with van der Waals surface area (Å²) in [5, 5.41) is 9.20. The Morgan fingerprint density at radius 2 is 1.12 bits per heavy atom. The van der Waals surface area contributed by atoms with Gasteiger partial charge in [0.1, 0.15) is 28.9 Å². The first-order valence-corrected chi connectivity index (χ1v) is 15.8. The van der Waals surface area contributed by atoms with E-state index in [9.17, 15) is 19.6 Å². The number of hydrogen-bond donors (Lipinski definition) is 0. The summed E-state index contributed by atoms with van der Waals surface area (Å²) in [6.07, 6.45) is 7.04. The van der Waals surface area contributed by atoms with Crippen LogP contribution in [-0.4, -0.2) is 31.1 Å². The first kappa shape index (κ1) is 35.1. The van der Waals surface area contributed by atoms with Crippen molar-refractivity contribution < 1.29 is 38.4 Å². The molecule has 0 saturated carbocycles. The Morgan fingerprint density at radius 1 is 0.625 bits per heavy atom. The highest BCUT2D eigenvalue weighted by molar-refractivity contribution is 5.97. The molecule has 0 fully saturated rings. The molecule has 48 heavy (non-hydrogen) atoms. The van der Waals surface area contributed by atoms with Gasteiger partial charge in [-0.3, -0.25) is 4.89 Å². The van der Waals surface area contributed by atoms with E-state index in [2.05, 4.69) is 0 Å². The Bertz CT molecular complexity index is 1690. The summed E-state index contributed by atoms with van der Waals surface area (Å²) in [5.41, 5.74) is 2.49. The van der Waals surface area contributed by atoms with E-state index < -0.39 is 17.9 Å². The van der Waals surface area contributed by atoms with Crippen LogP contribution in [0.4, 0.5) is 0 Å². The van der Waals surface area contributed by atoms with Crippen molar-refractivity contribution in [3.63, 3.8) is 0 Å². The highest BCUT2D eigenvalue weighted by atomic mass is 17.2. The summed E-state index contributed by atoms with van der Waals surface area (Å²) in [5.74, 6) is -0.452. The Kier molecular flexibility index (Phi) is 14.0. The standard InChI is InChI=1S/C39H37NO8/c1-29-13-15-31(16-14-29)37(41)46-35-21-23-36(24-22-35)47-38(42)32-17-19-34(20-18-32)44-25-9-4-2-3-5-10-26-45-48-39(43)33(28-40)27-30-11-7-6-8-12-30/h6-8,11-24,27H,2-5,9-10,25-26H2,1H3/b33-27+. The third-order valence-electron chi connectivity index (χ3n) is 7.10. The lowest BCUT2D eigenvalue weighted by atomic mass is 10.1. The number of rotatable bonds is 17. The molecule has 9 heteroatoms. The molecule has 0 unspecified atom stereocenters.